The van der Waals surface area contributed by atoms with Gasteiger partial charge in [0.15, 0.2) is 5.70 Å². The van der Waals surface area contributed by atoms with E-state index in [9.17, 15) is 4.79 Å². The van der Waals surface area contributed by atoms with Gasteiger partial charge in [-0.3, -0.25) is 0 Å². The summed E-state index contributed by atoms with van der Waals surface area (Å²) >= 11 is 12.0. The van der Waals surface area contributed by atoms with Gasteiger partial charge in [0.25, 0.3) is 0 Å². The minimum atomic E-state index is -0.536. The Morgan fingerprint density at radius 1 is 1.16 bits per heavy atom. The summed E-state index contributed by atoms with van der Waals surface area (Å²) in [5.41, 5.74) is 1.59. The van der Waals surface area contributed by atoms with Crippen LogP contribution in [0.5, 0.6) is 5.75 Å². The Morgan fingerprint density at radius 3 is 2.72 bits per heavy atom. The number of aliphatic imine (C=N–C) groups is 1. The molecule has 0 bridgehead atoms. The lowest BCUT2D eigenvalue weighted by atomic mass is 10.2. The fourth-order valence-electron chi connectivity index (χ4n) is 2.25. The number of hydrogen-bond acceptors (Lipinski definition) is 4. The molecule has 1 aliphatic rings. The van der Waals surface area contributed by atoms with Crippen LogP contribution in [0.25, 0.3) is 6.08 Å². The Labute approximate surface area is 155 Å². The first-order valence-corrected chi connectivity index (χ1v) is 8.12. The van der Waals surface area contributed by atoms with Crippen LogP contribution in [0.3, 0.4) is 0 Å². The number of rotatable bonds is 4. The quantitative estimate of drug-likeness (QED) is 0.565. The maximum Gasteiger partial charge on any atom is 0.363 e. The maximum atomic E-state index is 12.0. The summed E-state index contributed by atoms with van der Waals surface area (Å²) in [5.74, 6) is 0.359. The average Bonchev–Trinajstić information content (AvgIpc) is 2.96. The van der Waals surface area contributed by atoms with Crippen LogP contribution in [0, 0.1) is 0 Å². The first kappa shape index (κ1) is 17.3. The lowest BCUT2D eigenvalue weighted by Gasteiger charge is -2.02. The number of benzene rings is 2. The van der Waals surface area contributed by atoms with Gasteiger partial charge < -0.3 is 9.47 Å². The van der Waals surface area contributed by atoms with Crippen molar-refractivity contribution in [3.8, 4) is 5.75 Å². The third kappa shape index (κ3) is 3.92. The van der Waals surface area contributed by atoms with Gasteiger partial charge in [0.2, 0.25) is 5.90 Å². The fraction of sp³-hybridized carbons (Fsp3) is 0.0526. The first-order chi connectivity index (χ1) is 12.1. The molecular weight excluding hydrogens is 361 g/mol. The van der Waals surface area contributed by atoms with Gasteiger partial charge in [-0.25, -0.2) is 9.79 Å². The van der Waals surface area contributed by atoms with Crippen LogP contribution >= 0.6 is 23.2 Å². The van der Waals surface area contributed by atoms with E-state index in [1.165, 1.54) is 0 Å². The number of carbonyl (C=O) groups is 1. The second-order valence-corrected chi connectivity index (χ2v) is 5.93. The third-order valence-corrected chi connectivity index (χ3v) is 4.00. The summed E-state index contributed by atoms with van der Waals surface area (Å²) in [6, 6.07) is 12.4. The van der Waals surface area contributed by atoms with Crippen molar-refractivity contribution in [3.05, 3.63) is 81.5 Å². The molecule has 0 aromatic heterocycles. The van der Waals surface area contributed by atoms with Crippen molar-refractivity contribution in [2.75, 3.05) is 7.11 Å². The van der Waals surface area contributed by atoms with Gasteiger partial charge in [0.1, 0.15) is 5.75 Å². The topological polar surface area (TPSA) is 47.9 Å². The van der Waals surface area contributed by atoms with Crippen LogP contribution in [-0.4, -0.2) is 19.0 Å². The Bertz CT molecular complexity index is 917. The van der Waals surface area contributed by atoms with E-state index in [0.717, 1.165) is 11.3 Å². The van der Waals surface area contributed by atoms with Crippen LogP contribution in [0.2, 0.25) is 10.0 Å². The molecule has 0 amide bonds. The molecule has 6 heteroatoms. The third-order valence-electron chi connectivity index (χ3n) is 3.45. The van der Waals surface area contributed by atoms with Crippen molar-refractivity contribution in [1.29, 1.82) is 0 Å². The van der Waals surface area contributed by atoms with Crippen LogP contribution in [-0.2, 0) is 9.53 Å². The SMILES string of the molecule is COc1ccccc1/C=C/C=C1\N=C(c2ccc(Cl)cc2Cl)OC1=O. The molecule has 1 aliphatic heterocycles. The van der Waals surface area contributed by atoms with Gasteiger partial charge in [-0.2, -0.15) is 0 Å². The molecule has 2 aromatic rings. The molecule has 2 aromatic carbocycles. The Balaban J connectivity index is 1.85. The molecule has 0 radical (unpaired) electrons. The monoisotopic (exact) mass is 373 g/mol. The zero-order valence-electron chi connectivity index (χ0n) is 13.2. The van der Waals surface area contributed by atoms with Crippen molar-refractivity contribution in [2.24, 2.45) is 4.99 Å². The Hall–Kier alpha value is -2.56. The molecule has 1 heterocycles. The minimum absolute atomic E-state index is 0.156. The highest BCUT2D eigenvalue weighted by Gasteiger charge is 2.25. The lowest BCUT2D eigenvalue weighted by molar-refractivity contribution is -0.130. The van der Waals surface area contributed by atoms with E-state index >= 15 is 0 Å². The predicted molar refractivity (Wildman–Crippen MR) is 99.2 cm³/mol. The molecule has 0 aliphatic carbocycles. The molecule has 0 saturated carbocycles. The minimum Gasteiger partial charge on any atom is -0.496 e. The average molecular weight is 374 g/mol. The number of carbonyl (C=O) groups excluding carboxylic acids is 1. The first-order valence-electron chi connectivity index (χ1n) is 7.36. The standard InChI is InChI=1S/C19H13Cl2NO3/c1-24-17-8-3-2-5-12(17)6-4-7-16-19(23)25-18(22-16)14-10-9-13(20)11-15(14)21/h2-11H,1H3/b6-4+,16-7-. The molecule has 126 valence electrons. The van der Waals surface area contributed by atoms with E-state index in [1.807, 2.05) is 30.3 Å². The fourth-order valence-corrected chi connectivity index (χ4v) is 2.74. The van der Waals surface area contributed by atoms with Crippen molar-refractivity contribution in [3.63, 3.8) is 0 Å². The number of esters is 1. The van der Waals surface area contributed by atoms with E-state index in [-0.39, 0.29) is 11.6 Å². The summed E-state index contributed by atoms with van der Waals surface area (Å²) < 4.78 is 10.5. The van der Waals surface area contributed by atoms with E-state index in [1.54, 1.807) is 37.5 Å². The van der Waals surface area contributed by atoms with Crippen molar-refractivity contribution in [1.82, 2.24) is 0 Å². The molecule has 0 spiro atoms. The molecule has 4 nitrogen and oxygen atoms in total. The van der Waals surface area contributed by atoms with Gasteiger partial charge in [0, 0.05) is 10.6 Å². The summed E-state index contributed by atoms with van der Waals surface area (Å²) in [6.45, 7) is 0. The van der Waals surface area contributed by atoms with Crippen LogP contribution in [0.4, 0.5) is 0 Å². The van der Waals surface area contributed by atoms with E-state index in [2.05, 4.69) is 4.99 Å². The van der Waals surface area contributed by atoms with E-state index in [4.69, 9.17) is 32.7 Å². The number of nitrogens with zero attached hydrogens (tertiary/aromatic N) is 1. The lowest BCUT2D eigenvalue weighted by Crippen LogP contribution is -2.05. The van der Waals surface area contributed by atoms with Gasteiger partial charge >= 0.3 is 5.97 Å². The number of para-hydroxylation sites is 1. The summed E-state index contributed by atoms with van der Waals surface area (Å²) in [7, 11) is 1.60. The van der Waals surface area contributed by atoms with Crippen LogP contribution in [0.15, 0.2) is 65.3 Å². The number of halogens is 2. The molecule has 0 N–H and O–H groups in total. The molecule has 0 unspecified atom stereocenters. The summed E-state index contributed by atoms with van der Waals surface area (Å²) in [6.07, 6.45) is 5.11. The Kier molecular flexibility index (Phi) is 5.22. The maximum absolute atomic E-state index is 12.0. The van der Waals surface area contributed by atoms with Crippen LogP contribution < -0.4 is 4.74 Å². The highest BCUT2D eigenvalue weighted by Crippen LogP contribution is 2.25. The predicted octanol–water partition coefficient (Wildman–Crippen LogP) is 4.90. The number of hydrogen-bond donors (Lipinski definition) is 0. The molecule has 0 saturated heterocycles. The van der Waals surface area contributed by atoms with Crippen molar-refractivity contribution in [2.45, 2.75) is 0 Å². The molecule has 0 fully saturated rings. The zero-order valence-corrected chi connectivity index (χ0v) is 14.7. The summed E-state index contributed by atoms with van der Waals surface area (Å²) in [5, 5.41) is 0.860. The number of allylic oxidation sites excluding steroid dienone is 2. The highest BCUT2D eigenvalue weighted by atomic mass is 35.5. The van der Waals surface area contributed by atoms with E-state index < -0.39 is 5.97 Å². The molecule has 3 rings (SSSR count). The largest absolute Gasteiger partial charge is 0.496 e. The van der Waals surface area contributed by atoms with E-state index in [0.29, 0.717) is 15.6 Å². The van der Waals surface area contributed by atoms with Crippen molar-refractivity contribution >= 4 is 41.1 Å². The molecular formula is C19H13Cl2NO3. The number of ether oxygens (including phenoxy) is 2. The van der Waals surface area contributed by atoms with Crippen molar-refractivity contribution < 1.29 is 14.3 Å². The number of methoxy groups -OCH3 is 1. The second kappa shape index (κ2) is 7.55. The number of cyclic esters (lactones) is 1. The van der Waals surface area contributed by atoms with Gasteiger partial charge in [0.05, 0.1) is 17.7 Å². The summed E-state index contributed by atoms with van der Waals surface area (Å²) in [4.78, 5) is 16.2. The molecule has 0 atom stereocenters. The van der Waals surface area contributed by atoms with Gasteiger partial charge in [-0.1, -0.05) is 53.6 Å². The van der Waals surface area contributed by atoms with Gasteiger partial charge in [-0.15, -0.1) is 0 Å². The normalized spacial score (nSPS) is 15.6. The van der Waals surface area contributed by atoms with Gasteiger partial charge in [-0.05, 0) is 30.3 Å². The van der Waals surface area contributed by atoms with Crippen LogP contribution in [0.1, 0.15) is 11.1 Å². The Morgan fingerprint density at radius 2 is 1.96 bits per heavy atom. The highest BCUT2D eigenvalue weighted by molar-refractivity contribution is 6.37. The zero-order chi connectivity index (χ0) is 17.8. The smallest absolute Gasteiger partial charge is 0.363 e. The second-order valence-electron chi connectivity index (χ2n) is 5.08. The molecule has 25 heavy (non-hydrogen) atoms.